The van der Waals surface area contributed by atoms with Gasteiger partial charge in [-0.2, -0.15) is 0 Å². The number of aliphatic imine (C=N–C) groups is 1. The fourth-order valence-corrected chi connectivity index (χ4v) is 4.20. The van der Waals surface area contributed by atoms with Gasteiger partial charge in [0.2, 0.25) is 0 Å². The van der Waals surface area contributed by atoms with Crippen LogP contribution in [0, 0.1) is 0 Å². The van der Waals surface area contributed by atoms with Gasteiger partial charge < -0.3 is 9.64 Å². The summed E-state index contributed by atoms with van der Waals surface area (Å²) in [5.74, 6) is 1.92. The molecule has 3 heterocycles. The van der Waals surface area contributed by atoms with E-state index in [0.717, 1.165) is 66.7 Å². The molecule has 0 amide bonds. The Morgan fingerprint density at radius 1 is 1.17 bits per heavy atom. The number of fused-ring (bicyclic) bond motifs is 1. The number of likely N-dealkylation sites (N-methyl/N-ethyl adjacent to an activating group) is 1. The van der Waals surface area contributed by atoms with Crippen molar-refractivity contribution in [1.82, 2.24) is 14.9 Å². The normalized spacial score (nSPS) is 22.5. The number of nitrogens with zero attached hydrogens (tertiary/aromatic N) is 5. The summed E-state index contributed by atoms with van der Waals surface area (Å²) < 4.78 is 6.13. The molecule has 6 heteroatoms. The van der Waals surface area contributed by atoms with Crippen LogP contribution >= 0.6 is 0 Å². The lowest BCUT2D eigenvalue weighted by molar-refractivity contribution is 0.200. The minimum absolute atomic E-state index is 0.0217. The van der Waals surface area contributed by atoms with E-state index in [0.29, 0.717) is 6.04 Å². The number of hydrogen-bond donors (Lipinski definition) is 0. The fourth-order valence-electron chi connectivity index (χ4n) is 4.20. The van der Waals surface area contributed by atoms with E-state index in [-0.39, 0.29) is 5.60 Å². The maximum atomic E-state index is 6.13. The van der Waals surface area contributed by atoms with E-state index in [9.17, 15) is 0 Å². The molecular weight excluding hydrogens is 362 g/mol. The molecule has 2 fully saturated rings. The van der Waals surface area contributed by atoms with Crippen molar-refractivity contribution in [2.45, 2.75) is 51.2 Å². The van der Waals surface area contributed by atoms with Crippen molar-refractivity contribution >= 4 is 17.2 Å². The van der Waals surface area contributed by atoms with Gasteiger partial charge in [0.25, 0.3) is 0 Å². The average Bonchev–Trinajstić information content (AvgIpc) is 3.43. The van der Waals surface area contributed by atoms with Crippen LogP contribution in [0.5, 0.6) is 5.75 Å². The summed E-state index contributed by atoms with van der Waals surface area (Å²) in [4.78, 5) is 18.6. The van der Waals surface area contributed by atoms with Crippen LogP contribution in [-0.2, 0) is 0 Å². The van der Waals surface area contributed by atoms with Crippen LogP contribution in [-0.4, -0.2) is 58.9 Å². The van der Waals surface area contributed by atoms with Gasteiger partial charge in [0.15, 0.2) is 0 Å². The molecular formula is C23H29N5O. The predicted octanol–water partition coefficient (Wildman–Crippen LogP) is 3.81. The van der Waals surface area contributed by atoms with Crippen LogP contribution in [0.3, 0.4) is 0 Å². The molecule has 0 bridgehead atoms. The second-order valence-corrected chi connectivity index (χ2v) is 8.82. The number of aromatic nitrogens is 2. The Labute approximate surface area is 172 Å². The van der Waals surface area contributed by atoms with Crippen LogP contribution in [0.1, 0.15) is 50.8 Å². The molecule has 1 unspecified atom stereocenters. The predicted molar refractivity (Wildman–Crippen MR) is 116 cm³/mol. The Morgan fingerprint density at radius 2 is 2.03 bits per heavy atom. The fraction of sp³-hybridized carbons (Fsp3) is 0.522. The first kappa shape index (κ1) is 18.6. The van der Waals surface area contributed by atoms with Crippen LogP contribution in [0.15, 0.2) is 35.6 Å². The molecule has 1 aromatic carbocycles. The van der Waals surface area contributed by atoms with Gasteiger partial charge in [0, 0.05) is 37.3 Å². The summed E-state index contributed by atoms with van der Waals surface area (Å²) in [6, 6.07) is 8.84. The molecule has 3 aliphatic rings. The van der Waals surface area contributed by atoms with Gasteiger partial charge in [-0.25, -0.2) is 15.0 Å². The molecule has 0 radical (unpaired) electrons. The molecule has 1 saturated heterocycles. The van der Waals surface area contributed by atoms with E-state index in [2.05, 4.69) is 52.8 Å². The molecule has 152 valence electrons. The first-order valence-corrected chi connectivity index (χ1v) is 10.7. The third kappa shape index (κ3) is 3.62. The van der Waals surface area contributed by atoms with Crippen molar-refractivity contribution in [2.24, 2.45) is 4.99 Å². The van der Waals surface area contributed by atoms with Gasteiger partial charge in [-0.15, -0.1) is 0 Å². The standard InChI is InChI=1S/C23H29N5O/c1-4-5-16-14-28(11-10-27(16)3)21-13-20(24-15-25-21)22-18-12-17(6-7-19(18)26-22)29-23(2)8-9-23/h6-7,12-13,15-16H,4-5,8-11,14H2,1-3H3. The summed E-state index contributed by atoms with van der Waals surface area (Å²) in [6.45, 7) is 7.49. The Bertz CT molecular complexity index is 952. The second-order valence-electron chi connectivity index (χ2n) is 8.82. The Balaban J connectivity index is 1.35. The van der Waals surface area contributed by atoms with E-state index in [1.54, 1.807) is 6.33 Å². The van der Waals surface area contributed by atoms with Gasteiger partial charge in [0.1, 0.15) is 23.5 Å². The molecule has 2 aromatic rings. The number of rotatable bonds is 6. The molecule has 2 aliphatic heterocycles. The highest BCUT2D eigenvalue weighted by Crippen LogP contribution is 2.42. The van der Waals surface area contributed by atoms with E-state index in [1.165, 1.54) is 12.8 Å². The first-order valence-electron chi connectivity index (χ1n) is 10.7. The molecule has 6 nitrogen and oxygen atoms in total. The van der Waals surface area contributed by atoms with Crippen LogP contribution in [0.25, 0.3) is 0 Å². The molecule has 1 saturated carbocycles. The zero-order chi connectivity index (χ0) is 20.0. The number of ether oxygens (including phenoxy) is 1. The van der Waals surface area contributed by atoms with E-state index >= 15 is 0 Å². The molecule has 0 N–H and O–H groups in total. The minimum atomic E-state index is 0.0217. The van der Waals surface area contributed by atoms with E-state index < -0.39 is 0 Å². The van der Waals surface area contributed by atoms with Gasteiger partial charge in [-0.1, -0.05) is 13.3 Å². The van der Waals surface area contributed by atoms with Crippen molar-refractivity contribution < 1.29 is 4.74 Å². The molecule has 0 spiro atoms. The molecule has 1 aliphatic carbocycles. The van der Waals surface area contributed by atoms with Crippen LogP contribution < -0.4 is 9.64 Å². The minimum Gasteiger partial charge on any atom is -0.488 e. The largest absolute Gasteiger partial charge is 0.488 e. The van der Waals surface area contributed by atoms with Gasteiger partial charge >= 0.3 is 0 Å². The maximum absolute atomic E-state index is 6.13. The number of hydrogen-bond acceptors (Lipinski definition) is 6. The smallest absolute Gasteiger partial charge is 0.132 e. The third-order valence-electron chi connectivity index (χ3n) is 6.39. The lowest BCUT2D eigenvalue weighted by Crippen LogP contribution is -2.51. The van der Waals surface area contributed by atoms with Gasteiger partial charge in [-0.3, -0.25) is 4.90 Å². The van der Waals surface area contributed by atoms with E-state index in [1.807, 2.05) is 12.1 Å². The summed E-state index contributed by atoms with van der Waals surface area (Å²) in [5.41, 5.74) is 3.99. The molecule has 1 atom stereocenters. The summed E-state index contributed by atoms with van der Waals surface area (Å²) in [5, 5.41) is 0. The number of anilines is 1. The van der Waals surface area contributed by atoms with Crippen molar-refractivity contribution in [3.05, 3.63) is 41.9 Å². The molecule has 29 heavy (non-hydrogen) atoms. The number of benzene rings is 1. The maximum Gasteiger partial charge on any atom is 0.132 e. The van der Waals surface area contributed by atoms with Gasteiger partial charge in [0.05, 0.1) is 17.1 Å². The van der Waals surface area contributed by atoms with E-state index in [4.69, 9.17) is 9.73 Å². The lowest BCUT2D eigenvalue weighted by Gasteiger charge is -2.40. The van der Waals surface area contributed by atoms with Crippen molar-refractivity contribution in [3.63, 3.8) is 0 Å². The Hall–Kier alpha value is -2.47. The average molecular weight is 392 g/mol. The van der Waals surface area contributed by atoms with Crippen molar-refractivity contribution in [1.29, 1.82) is 0 Å². The Kier molecular flexibility index (Phi) is 4.54. The SMILES string of the molecule is CCCC1CN(c2cc(C3=Nc4ccc(OC5(C)CC5)cc43)ncn2)CCN1C. The zero-order valence-corrected chi connectivity index (χ0v) is 17.6. The highest BCUT2D eigenvalue weighted by atomic mass is 16.5. The lowest BCUT2D eigenvalue weighted by atomic mass is 9.98. The molecule has 1 aromatic heterocycles. The second kappa shape index (κ2) is 7.10. The zero-order valence-electron chi connectivity index (χ0n) is 17.6. The topological polar surface area (TPSA) is 53.9 Å². The van der Waals surface area contributed by atoms with Crippen LogP contribution in [0.2, 0.25) is 0 Å². The summed E-state index contributed by atoms with van der Waals surface area (Å²) in [6.07, 6.45) is 6.35. The molecule has 5 rings (SSSR count). The summed E-state index contributed by atoms with van der Waals surface area (Å²) >= 11 is 0. The highest BCUT2D eigenvalue weighted by Gasteiger charge is 2.40. The van der Waals surface area contributed by atoms with Crippen LogP contribution in [0.4, 0.5) is 11.5 Å². The number of piperazine rings is 1. The first-order chi connectivity index (χ1) is 14.0. The Morgan fingerprint density at radius 3 is 2.83 bits per heavy atom. The quantitative estimate of drug-likeness (QED) is 0.640. The highest BCUT2D eigenvalue weighted by molar-refractivity contribution is 6.21. The summed E-state index contributed by atoms with van der Waals surface area (Å²) in [7, 11) is 2.23. The van der Waals surface area contributed by atoms with Crippen molar-refractivity contribution in [3.8, 4) is 5.75 Å². The van der Waals surface area contributed by atoms with Gasteiger partial charge in [-0.05, 0) is 51.4 Å². The van der Waals surface area contributed by atoms with Crippen molar-refractivity contribution in [2.75, 3.05) is 31.6 Å². The third-order valence-corrected chi connectivity index (χ3v) is 6.39. The monoisotopic (exact) mass is 391 g/mol.